The SMILES string of the molecule is COc1ccc(S(=O)(=O)N(CC(C)C)C[C@@H](O)[C@H](Cc2ccccc2)NC(=O)OCc2ccn(O)c(=O)c2)cc1. The van der Waals surface area contributed by atoms with Crippen LogP contribution in [0.4, 0.5) is 4.79 Å². The van der Waals surface area contributed by atoms with E-state index in [2.05, 4.69) is 5.32 Å². The highest BCUT2D eigenvalue weighted by Crippen LogP contribution is 2.21. The van der Waals surface area contributed by atoms with Crippen LogP contribution in [-0.2, 0) is 27.8 Å². The van der Waals surface area contributed by atoms with Crippen LogP contribution in [0.25, 0.3) is 0 Å². The standard InChI is InChI=1S/C28H35N3O8S/c1-20(2)17-30(40(36,37)24-11-9-23(38-3)10-12-24)18-26(32)25(15-21-7-5-4-6-8-21)29-28(34)39-19-22-13-14-31(35)27(33)16-22/h4-14,16,20,25-26,32,35H,15,17-19H2,1-3H3,(H,29,34)/t25-,26+/m0/s1. The third-order valence-corrected chi connectivity index (χ3v) is 7.90. The molecule has 0 saturated carbocycles. The fourth-order valence-corrected chi connectivity index (χ4v) is 5.63. The van der Waals surface area contributed by atoms with Gasteiger partial charge in [-0.2, -0.15) is 9.04 Å². The van der Waals surface area contributed by atoms with E-state index in [4.69, 9.17) is 9.47 Å². The second-order valence-electron chi connectivity index (χ2n) is 9.69. The molecule has 0 fully saturated rings. The molecular formula is C28H35N3O8S. The number of hydrogen-bond donors (Lipinski definition) is 3. The number of rotatable bonds is 13. The van der Waals surface area contributed by atoms with Crippen molar-refractivity contribution >= 4 is 16.1 Å². The Morgan fingerprint density at radius 3 is 2.30 bits per heavy atom. The van der Waals surface area contributed by atoms with Crippen LogP contribution >= 0.6 is 0 Å². The van der Waals surface area contributed by atoms with Gasteiger partial charge in [0.2, 0.25) is 10.0 Å². The van der Waals surface area contributed by atoms with Crippen LogP contribution in [-0.4, -0.2) is 66.2 Å². The van der Waals surface area contributed by atoms with Crippen LogP contribution < -0.4 is 15.6 Å². The number of aliphatic hydroxyl groups is 1. The lowest BCUT2D eigenvalue weighted by atomic mass is 10.0. The second-order valence-corrected chi connectivity index (χ2v) is 11.6. The van der Waals surface area contributed by atoms with Gasteiger partial charge in [0.1, 0.15) is 12.4 Å². The largest absolute Gasteiger partial charge is 0.497 e. The van der Waals surface area contributed by atoms with Gasteiger partial charge in [0.25, 0.3) is 5.56 Å². The van der Waals surface area contributed by atoms with Gasteiger partial charge in [-0.15, -0.1) is 0 Å². The van der Waals surface area contributed by atoms with Crippen molar-refractivity contribution in [3.05, 3.63) is 94.4 Å². The van der Waals surface area contributed by atoms with E-state index in [1.54, 1.807) is 12.1 Å². The number of pyridine rings is 1. The number of nitrogens with zero attached hydrogens (tertiary/aromatic N) is 2. The lowest BCUT2D eigenvalue weighted by Crippen LogP contribution is -2.51. The van der Waals surface area contributed by atoms with Crippen molar-refractivity contribution in [2.24, 2.45) is 5.92 Å². The van der Waals surface area contributed by atoms with E-state index < -0.39 is 33.8 Å². The number of hydrogen-bond acceptors (Lipinski definition) is 8. The van der Waals surface area contributed by atoms with E-state index in [1.165, 1.54) is 29.6 Å². The molecule has 40 heavy (non-hydrogen) atoms. The van der Waals surface area contributed by atoms with Gasteiger partial charge in [-0.25, -0.2) is 13.2 Å². The molecule has 2 aromatic carbocycles. The zero-order chi connectivity index (χ0) is 29.3. The third kappa shape index (κ3) is 8.57. The van der Waals surface area contributed by atoms with Crippen molar-refractivity contribution in [2.75, 3.05) is 20.2 Å². The maximum atomic E-state index is 13.5. The molecule has 11 nitrogen and oxygen atoms in total. The molecule has 1 amide bonds. The number of methoxy groups -OCH3 is 1. The average molecular weight is 574 g/mol. The quantitative estimate of drug-likeness (QED) is 0.265. The summed E-state index contributed by atoms with van der Waals surface area (Å²) in [5.41, 5.74) is 0.494. The molecule has 0 radical (unpaired) electrons. The summed E-state index contributed by atoms with van der Waals surface area (Å²) in [4.78, 5) is 24.4. The molecule has 0 aliphatic carbocycles. The molecule has 0 aliphatic heterocycles. The highest BCUT2D eigenvalue weighted by Gasteiger charge is 2.31. The second kappa shape index (κ2) is 14.0. The first-order valence-corrected chi connectivity index (χ1v) is 14.1. The maximum absolute atomic E-state index is 13.5. The highest BCUT2D eigenvalue weighted by molar-refractivity contribution is 7.89. The maximum Gasteiger partial charge on any atom is 0.407 e. The van der Waals surface area contributed by atoms with E-state index in [1.807, 2.05) is 44.2 Å². The van der Waals surface area contributed by atoms with Crippen molar-refractivity contribution in [3.8, 4) is 5.75 Å². The van der Waals surface area contributed by atoms with E-state index >= 15 is 0 Å². The summed E-state index contributed by atoms with van der Waals surface area (Å²) in [6.45, 7) is 3.36. The first kappa shape index (κ1) is 30.7. The van der Waals surface area contributed by atoms with Crippen LogP contribution in [0.15, 0.2) is 82.6 Å². The van der Waals surface area contributed by atoms with Gasteiger partial charge in [0.15, 0.2) is 0 Å². The summed E-state index contributed by atoms with van der Waals surface area (Å²) in [7, 11) is -2.50. The molecule has 1 aromatic heterocycles. The molecule has 216 valence electrons. The Morgan fingerprint density at radius 2 is 1.70 bits per heavy atom. The zero-order valence-electron chi connectivity index (χ0n) is 22.6. The van der Waals surface area contributed by atoms with E-state index in [0.29, 0.717) is 16.0 Å². The van der Waals surface area contributed by atoms with E-state index in [9.17, 15) is 28.3 Å². The molecule has 3 rings (SSSR count). The molecule has 2 atom stereocenters. The first-order valence-electron chi connectivity index (χ1n) is 12.7. The van der Waals surface area contributed by atoms with Crippen LogP contribution in [0.5, 0.6) is 5.75 Å². The topological polar surface area (TPSA) is 147 Å². The molecule has 12 heteroatoms. The number of aliphatic hydroxyl groups excluding tert-OH is 1. The molecular weight excluding hydrogens is 538 g/mol. The predicted octanol–water partition coefficient (Wildman–Crippen LogP) is 2.64. The van der Waals surface area contributed by atoms with Gasteiger partial charge in [0.05, 0.1) is 24.2 Å². The molecule has 3 N–H and O–H groups in total. The Bertz CT molecular complexity index is 1410. The van der Waals surface area contributed by atoms with Gasteiger partial charge >= 0.3 is 6.09 Å². The third-order valence-electron chi connectivity index (χ3n) is 6.06. The number of ether oxygens (including phenoxy) is 2. The fourth-order valence-electron chi connectivity index (χ4n) is 4.01. The lowest BCUT2D eigenvalue weighted by Gasteiger charge is -2.30. The Hall–Kier alpha value is -3.87. The summed E-state index contributed by atoms with van der Waals surface area (Å²) >= 11 is 0. The molecule has 0 aliphatic rings. The predicted molar refractivity (Wildman–Crippen MR) is 148 cm³/mol. The van der Waals surface area contributed by atoms with Gasteiger partial charge in [-0.3, -0.25) is 4.79 Å². The van der Waals surface area contributed by atoms with E-state index in [-0.39, 0.29) is 36.9 Å². The summed E-state index contributed by atoms with van der Waals surface area (Å²) < 4.78 is 39.0. The molecule has 0 unspecified atom stereocenters. The van der Waals surface area contributed by atoms with Crippen molar-refractivity contribution in [1.29, 1.82) is 0 Å². The molecule has 0 saturated heterocycles. The monoisotopic (exact) mass is 573 g/mol. The Morgan fingerprint density at radius 1 is 1.02 bits per heavy atom. The van der Waals surface area contributed by atoms with Crippen molar-refractivity contribution in [2.45, 2.75) is 43.9 Å². The van der Waals surface area contributed by atoms with Gasteiger partial charge < -0.3 is 25.1 Å². The Balaban J connectivity index is 1.79. The first-order chi connectivity index (χ1) is 19.0. The summed E-state index contributed by atoms with van der Waals surface area (Å²) in [5.74, 6) is 0.470. The number of benzene rings is 2. The Kier molecular flexibility index (Phi) is 10.7. The van der Waals surface area contributed by atoms with Crippen LogP contribution in [0.3, 0.4) is 0 Å². The number of amides is 1. The lowest BCUT2D eigenvalue weighted by molar-refractivity contribution is 0.0872. The number of sulfonamides is 1. The normalized spacial score (nSPS) is 13.2. The molecule has 0 spiro atoms. The number of alkyl carbamates (subject to hydrolysis) is 1. The number of carbonyl (C=O) groups is 1. The molecule has 1 heterocycles. The zero-order valence-corrected chi connectivity index (χ0v) is 23.5. The number of carbonyl (C=O) groups excluding carboxylic acids is 1. The summed E-state index contributed by atoms with van der Waals surface area (Å²) in [5, 5.41) is 23.2. The summed E-state index contributed by atoms with van der Waals surface area (Å²) in [6.07, 6.45) is -0.817. The van der Waals surface area contributed by atoms with Crippen molar-refractivity contribution < 1.29 is 33.0 Å². The van der Waals surface area contributed by atoms with E-state index in [0.717, 1.165) is 17.8 Å². The van der Waals surface area contributed by atoms with Crippen LogP contribution in [0.1, 0.15) is 25.0 Å². The minimum atomic E-state index is -3.98. The molecule has 0 bridgehead atoms. The number of aromatic nitrogens is 1. The minimum Gasteiger partial charge on any atom is -0.497 e. The molecule has 3 aromatic rings. The van der Waals surface area contributed by atoms with Crippen molar-refractivity contribution in [3.63, 3.8) is 0 Å². The minimum absolute atomic E-state index is 0.0416. The summed E-state index contributed by atoms with van der Waals surface area (Å²) in [6, 6.07) is 16.8. The Labute approximate surface area is 233 Å². The van der Waals surface area contributed by atoms with Gasteiger partial charge in [-0.05, 0) is 53.8 Å². The van der Waals surface area contributed by atoms with Crippen LogP contribution in [0, 0.1) is 5.92 Å². The van der Waals surface area contributed by atoms with Crippen molar-refractivity contribution in [1.82, 2.24) is 14.4 Å². The van der Waals surface area contributed by atoms with Gasteiger partial charge in [-0.1, -0.05) is 44.2 Å². The fraction of sp³-hybridized carbons (Fsp3) is 0.357. The van der Waals surface area contributed by atoms with Crippen LogP contribution in [0.2, 0.25) is 0 Å². The highest BCUT2D eigenvalue weighted by atomic mass is 32.2. The smallest absolute Gasteiger partial charge is 0.407 e. The average Bonchev–Trinajstić information content (AvgIpc) is 2.93. The number of nitrogens with one attached hydrogen (secondary N) is 1. The van der Waals surface area contributed by atoms with Gasteiger partial charge in [0, 0.05) is 25.4 Å².